The van der Waals surface area contributed by atoms with Crippen molar-refractivity contribution in [2.75, 3.05) is 26.9 Å². The predicted molar refractivity (Wildman–Crippen MR) is 105 cm³/mol. The summed E-state index contributed by atoms with van der Waals surface area (Å²) < 4.78 is 15.8. The van der Waals surface area contributed by atoms with Gasteiger partial charge in [-0.2, -0.15) is 0 Å². The van der Waals surface area contributed by atoms with Gasteiger partial charge in [0, 0.05) is 6.54 Å². The van der Waals surface area contributed by atoms with E-state index in [4.69, 9.17) is 25.8 Å². The Morgan fingerprint density at radius 2 is 1.79 bits per heavy atom. The Morgan fingerprint density at radius 3 is 2.36 bits per heavy atom. The summed E-state index contributed by atoms with van der Waals surface area (Å²) in [6.07, 6.45) is 0. The number of methoxy groups -OCH3 is 1. The molecule has 0 atom stereocenters. The zero-order valence-corrected chi connectivity index (χ0v) is 17.5. The summed E-state index contributed by atoms with van der Waals surface area (Å²) in [7, 11) is 1.42. The number of hydrogen-bond donors (Lipinski definition) is 2. The number of imide groups is 1. The molecular formula is C19H27ClN2O6. The first-order valence-electron chi connectivity index (χ1n) is 8.89. The van der Waals surface area contributed by atoms with Crippen LogP contribution in [0, 0.1) is 11.8 Å². The minimum absolute atomic E-state index is 0.0933. The molecule has 156 valence electrons. The fourth-order valence-corrected chi connectivity index (χ4v) is 2.21. The number of benzene rings is 1. The number of carbonyl (C=O) groups excluding carboxylic acids is 3. The number of amides is 3. The lowest BCUT2D eigenvalue weighted by atomic mass is 10.2. The zero-order valence-electron chi connectivity index (χ0n) is 16.8. The van der Waals surface area contributed by atoms with E-state index in [1.807, 2.05) is 27.7 Å². The van der Waals surface area contributed by atoms with E-state index in [9.17, 15) is 14.4 Å². The fourth-order valence-electron chi connectivity index (χ4n) is 1.95. The fraction of sp³-hybridized carbons (Fsp3) is 0.526. The summed E-state index contributed by atoms with van der Waals surface area (Å²) in [4.78, 5) is 35.4. The Kier molecular flexibility index (Phi) is 9.58. The van der Waals surface area contributed by atoms with Crippen LogP contribution in [0.5, 0.6) is 11.5 Å². The highest BCUT2D eigenvalue weighted by Crippen LogP contribution is 2.36. The number of halogens is 1. The summed E-state index contributed by atoms with van der Waals surface area (Å²) >= 11 is 6.19. The van der Waals surface area contributed by atoms with Crippen molar-refractivity contribution in [2.24, 2.45) is 11.8 Å². The first kappa shape index (κ1) is 23.6. The van der Waals surface area contributed by atoms with Crippen molar-refractivity contribution in [1.82, 2.24) is 10.6 Å². The van der Waals surface area contributed by atoms with Crippen molar-refractivity contribution in [3.63, 3.8) is 0 Å². The van der Waals surface area contributed by atoms with E-state index in [-0.39, 0.29) is 28.2 Å². The average molecular weight is 415 g/mol. The van der Waals surface area contributed by atoms with Gasteiger partial charge >= 0.3 is 12.0 Å². The van der Waals surface area contributed by atoms with Gasteiger partial charge < -0.3 is 19.5 Å². The molecule has 0 aromatic heterocycles. The third-order valence-corrected chi connectivity index (χ3v) is 3.57. The Balaban J connectivity index is 2.67. The molecule has 0 aliphatic heterocycles. The largest absolute Gasteiger partial charge is 0.493 e. The molecule has 0 aliphatic rings. The number of hydrogen-bond acceptors (Lipinski definition) is 6. The van der Waals surface area contributed by atoms with Crippen molar-refractivity contribution in [3.8, 4) is 11.5 Å². The van der Waals surface area contributed by atoms with Crippen LogP contribution in [0.4, 0.5) is 4.79 Å². The quantitative estimate of drug-likeness (QED) is 0.602. The minimum atomic E-state index is -0.784. The van der Waals surface area contributed by atoms with Crippen molar-refractivity contribution >= 4 is 29.5 Å². The van der Waals surface area contributed by atoms with Gasteiger partial charge in [-0.3, -0.25) is 10.1 Å². The molecule has 1 aromatic carbocycles. The van der Waals surface area contributed by atoms with Gasteiger partial charge in [0.25, 0.3) is 5.91 Å². The molecule has 0 heterocycles. The molecule has 2 N–H and O–H groups in total. The number of rotatable bonds is 9. The van der Waals surface area contributed by atoms with E-state index in [0.29, 0.717) is 18.9 Å². The number of carbonyl (C=O) groups is 3. The molecule has 0 unspecified atom stereocenters. The predicted octanol–water partition coefficient (Wildman–Crippen LogP) is 3.02. The highest BCUT2D eigenvalue weighted by atomic mass is 35.5. The Hall–Kier alpha value is -2.48. The van der Waals surface area contributed by atoms with Crippen LogP contribution in [-0.2, 0) is 9.53 Å². The number of esters is 1. The lowest BCUT2D eigenvalue weighted by Crippen LogP contribution is -2.42. The maximum atomic E-state index is 12.2. The van der Waals surface area contributed by atoms with Crippen LogP contribution in [0.2, 0.25) is 5.02 Å². The van der Waals surface area contributed by atoms with E-state index in [1.54, 1.807) is 0 Å². The minimum Gasteiger partial charge on any atom is -0.493 e. The second kappa shape index (κ2) is 11.4. The third-order valence-electron chi connectivity index (χ3n) is 3.28. The maximum Gasteiger partial charge on any atom is 0.338 e. The van der Waals surface area contributed by atoms with Crippen molar-refractivity contribution in [3.05, 3.63) is 22.7 Å². The number of urea groups is 1. The van der Waals surface area contributed by atoms with Crippen LogP contribution in [-0.4, -0.2) is 44.8 Å². The smallest absolute Gasteiger partial charge is 0.338 e. The van der Waals surface area contributed by atoms with Crippen LogP contribution >= 0.6 is 11.6 Å². The molecule has 0 radical (unpaired) electrons. The normalized spacial score (nSPS) is 10.6. The lowest BCUT2D eigenvalue weighted by Gasteiger charge is -2.15. The van der Waals surface area contributed by atoms with E-state index in [1.165, 1.54) is 19.2 Å². The van der Waals surface area contributed by atoms with Crippen LogP contribution in [0.25, 0.3) is 0 Å². The van der Waals surface area contributed by atoms with E-state index in [2.05, 4.69) is 10.6 Å². The summed E-state index contributed by atoms with van der Waals surface area (Å²) in [5, 5.41) is 4.78. The van der Waals surface area contributed by atoms with E-state index in [0.717, 1.165) is 0 Å². The van der Waals surface area contributed by atoms with Crippen molar-refractivity contribution < 1.29 is 28.6 Å². The molecule has 28 heavy (non-hydrogen) atoms. The molecule has 8 nitrogen and oxygen atoms in total. The van der Waals surface area contributed by atoms with Crippen LogP contribution in [0.15, 0.2) is 12.1 Å². The highest BCUT2D eigenvalue weighted by molar-refractivity contribution is 6.32. The van der Waals surface area contributed by atoms with Gasteiger partial charge in [0.1, 0.15) is 0 Å². The lowest BCUT2D eigenvalue weighted by molar-refractivity contribution is -0.123. The molecule has 9 heteroatoms. The second-order valence-electron chi connectivity index (χ2n) is 6.92. The molecule has 0 fully saturated rings. The molecule has 1 aromatic rings. The second-order valence-corrected chi connectivity index (χ2v) is 7.33. The van der Waals surface area contributed by atoms with Gasteiger partial charge in [-0.15, -0.1) is 0 Å². The van der Waals surface area contributed by atoms with Gasteiger partial charge in [0.2, 0.25) is 0 Å². The molecular weight excluding hydrogens is 388 g/mol. The topological polar surface area (TPSA) is 103 Å². The van der Waals surface area contributed by atoms with Crippen LogP contribution in [0.3, 0.4) is 0 Å². The zero-order chi connectivity index (χ0) is 21.3. The van der Waals surface area contributed by atoms with Crippen molar-refractivity contribution in [2.45, 2.75) is 27.7 Å². The Morgan fingerprint density at radius 1 is 1.11 bits per heavy atom. The van der Waals surface area contributed by atoms with Gasteiger partial charge in [0.05, 0.1) is 24.3 Å². The molecule has 0 aliphatic carbocycles. The molecule has 1 rings (SSSR count). The number of nitrogens with one attached hydrogen (secondary N) is 2. The van der Waals surface area contributed by atoms with E-state index < -0.39 is 24.5 Å². The molecule has 0 saturated carbocycles. The first-order chi connectivity index (χ1) is 13.1. The van der Waals surface area contributed by atoms with E-state index >= 15 is 0 Å². The standard InChI is InChI=1S/C19H27ClN2O6/c1-11(2)8-21-19(25)22-16(23)10-28-18(24)13-6-14(20)17(15(7-13)26-5)27-9-12(3)4/h6-7,11-12H,8-10H2,1-5H3,(H2,21,22,23,25). The van der Waals surface area contributed by atoms with Crippen LogP contribution in [0.1, 0.15) is 38.1 Å². The average Bonchev–Trinajstić information content (AvgIpc) is 2.62. The monoisotopic (exact) mass is 414 g/mol. The summed E-state index contributed by atoms with van der Waals surface area (Å²) in [6.45, 7) is 8.05. The third kappa shape index (κ3) is 8.04. The Labute approximate surface area is 169 Å². The van der Waals surface area contributed by atoms with Crippen LogP contribution < -0.4 is 20.1 Å². The maximum absolute atomic E-state index is 12.2. The SMILES string of the molecule is COc1cc(C(=O)OCC(=O)NC(=O)NCC(C)C)cc(Cl)c1OCC(C)C. The molecule has 0 bridgehead atoms. The number of ether oxygens (including phenoxy) is 3. The van der Waals surface area contributed by atoms with Gasteiger partial charge in [-0.05, 0) is 24.0 Å². The summed E-state index contributed by atoms with van der Waals surface area (Å²) in [6, 6.07) is 2.14. The van der Waals surface area contributed by atoms with Gasteiger partial charge in [-0.25, -0.2) is 9.59 Å². The molecule has 0 spiro atoms. The van der Waals surface area contributed by atoms with Crippen molar-refractivity contribution in [1.29, 1.82) is 0 Å². The Bertz CT molecular complexity index is 706. The van der Waals surface area contributed by atoms with Gasteiger partial charge in [0.15, 0.2) is 18.1 Å². The molecule has 3 amide bonds. The summed E-state index contributed by atoms with van der Waals surface area (Å²) in [5.41, 5.74) is 0.0933. The highest BCUT2D eigenvalue weighted by Gasteiger charge is 2.18. The summed E-state index contributed by atoms with van der Waals surface area (Å²) in [5.74, 6) is -0.405. The van der Waals surface area contributed by atoms with Gasteiger partial charge in [-0.1, -0.05) is 39.3 Å². The first-order valence-corrected chi connectivity index (χ1v) is 9.26. The molecule has 0 saturated heterocycles.